The second-order valence-corrected chi connectivity index (χ2v) is 8.85. The van der Waals surface area contributed by atoms with Crippen LogP contribution in [0.2, 0.25) is 0 Å². The van der Waals surface area contributed by atoms with Crippen molar-refractivity contribution in [2.24, 2.45) is 17.8 Å². The summed E-state index contributed by atoms with van der Waals surface area (Å²) in [5.74, 6) is 2.88. The molecule has 1 aliphatic rings. The maximum atomic E-state index is 12.2. The molecule has 152 valence electrons. The van der Waals surface area contributed by atoms with Crippen LogP contribution in [0.25, 0.3) is 0 Å². The smallest absolute Gasteiger partial charge is 0.219 e. The fraction of sp³-hybridized carbons (Fsp3) is 0.696. The monoisotopic (exact) mass is 375 g/mol. The van der Waals surface area contributed by atoms with Gasteiger partial charge in [0.2, 0.25) is 5.91 Å². The molecule has 4 heteroatoms. The lowest BCUT2D eigenvalue weighted by molar-refractivity contribution is -0.130. The Morgan fingerprint density at radius 1 is 1.30 bits per heavy atom. The fourth-order valence-electron chi connectivity index (χ4n) is 4.36. The quantitative estimate of drug-likeness (QED) is 0.648. The Kier molecular flexibility index (Phi) is 7.72. The van der Waals surface area contributed by atoms with E-state index in [9.17, 15) is 4.79 Å². The van der Waals surface area contributed by atoms with E-state index in [1.165, 1.54) is 0 Å². The highest BCUT2D eigenvalue weighted by Crippen LogP contribution is 2.38. The van der Waals surface area contributed by atoms with E-state index in [4.69, 9.17) is 9.47 Å². The van der Waals surface area contributed by atoms with Crippen molar-refractivity contribution in [1.29, 1.82) is 0 Å². The summed E-state index contributed by atoms with van der Waals surface area (Å²) in [6, 6.07) is 7.98. The Morgan fingerprint density at radius 3 is 2.48 bits per heavy atom. The van der Waals surface area contributed by atoms with Crippen molar-refractivity contribution >= 4 is 5.91 Å². The molecule has 0 unspecified atom stereocenters. The highest BCUT2D eigenvalue weighted by Gasteiger charge is 2.34. The van der Waals surface area contributed by atoms with Gasteiger partial charge in [-0.25, -0.2) is 0 Å². The van der Waals surface area contributed by atoms with Crippen molar-refractivity contribution < 1.29 is 14.3 Å². The highest BCUT2D eigenvalue weighted by molar-refractivity contribution is 5.73. The lowest BCUT2D eigenvalue weighted by Crippen LogP contribution is -2.39. The number of hydrogen-bond acceptors (Lipinski definition) is 3. The van der Waals surface area contributed by atoms with Crippen LogP contribution >= 0.6 is 0 Å². The fourth-order valence-corrected chi connectivity index (χ4v) is 4.36. The summed E-state index contributed by atoms with van der Waals surface area (Å²) in [4.78, 5) is 14.2. The summed E-state index contributed by atoms with van der Waals surface area (Å²) in [6.45, 7) is 13.0. The number of carbonyl (C=O) groups excluding carboxylic acids is 1. The molecule has 1 aromatic carbocycles. The predicted molar refractivity (Wildman–Crippen MR) is 110 cm³/mol. The van der Waals surface area contributed by atoms with Crippen LogP contribution in [0.1, 0.15) is 59.4 Å². The van der Waals surface area contributed by atoms with Gasteiger partial charge in [0.25, 0.3) is 0 Å². The topological polar surface area (TPSA) is 38.8 Å². The first kappa shape index (κ1) is 21.7. The molecule has 2 rings (SSSR count). The molecule has 2 atom stereocenters. The third-order valence-electron chi connectivity index (χ3n) is 5.91. The van der Waals surface area contributed by atoms with Crippen molar-refractivity contribution in [1.82, 2.24) is 4.90 Å². The van der Waals surface area contributed by atoms with Gasteiger partial charge in [0.15, 0.2) is 0 Å². The highest BCUT2D eigenvalue weighted by atomic mass is 16.5. The first-order chi connectivity index (χ1) is 12.7. The summed E-state index contributed by atoms with van der Waals surface area (Å²) in [7, 11) is 1.67. The van der Waals surface area contributed by atoms with Crippen LogP contribution in [0.5, 0.6) is 5.75 Å². The van der Waals surface area contributed by atoms with Gasteiger partial charge in [-0.05, 0) is 68.6 Å². The number of nitrogens with zero attached hydrogens (tertiary/aromatic N) is 1. The van der Waals surface area contributed by atoms with E-state index in [0.717, 1.165) is 43.7 Å². The normalized spacial score (nSPS) is 20.3. The molecule has 0 radical (unpaired) electrons. The van der Waals surface area contributed by atoms with E-state index in [-0.39, 0.29) is 11.5 Å². The predicted octanol–water partition coefficient (Wildman–Crippen LogP) is 4.91. The van der Waals surface area contributed by atoms with Crippen molar-refractivity contribution in [3.05, 3.63) is 29.8 Å². The third kappa shape index (κ3) is 6.53. The van der Waals surface area contributed by atoms with Crippen LogP contribution in [0.15, 0.2) is 24.3 Å². The minimum atomic E-state index is -0.0284. The van der Waals surface area contributed by atoms with Crippen LogP contribution in [-0.4, -0.2) is 36.7 Å². The van der Waals surface area contributed by atoms with Gasteiger partial charge >= 0.3 is 0 Å². The van der Waals surface area contributed by atoms with Gasteiger partial charge in [0, 0.05) is 26.6 Å². The minimum Gasteiger partial charge on any atom is -0.497 e. The van der Waals surface area contributed by atoms with Crippen LogP contribution < -0.4 is 4.74 Å². The van der Waals surface area contributed by atoms with Crippen molar-refractivity contribution in [2.45, 2.75) is 66.0 Å². The first-order valence-corrected chi connectivity index (χ1v) is 10.2. The second-order valence-electron chi connectivity index (χ2n) is 8.85. The van der Waals surface area contributed by atoms with E-state index >= 15 is 0 Å². The minimum absolute atomic E-state index is 0.0284. The van der Waals surface area contributed by atoms with E-state index < -0.39 is 0 Å². The van der Waals surface area contributed by atoms with Crippen LogP contribution in [0.4, 0.5) is 0 Å². The van der Waals surface area contributed by atoms with Crippen LogP contribution in [0.3, 0.4) is 0 Å². The van der Waals surface area contributed by atoms with Crippen molar-refractivity contribution in [2.75, 3.05) is 20.3 Å². The number of carbonyl (C=O) groups is 1. The number of amides is 1. The maximum absolute atomic E-state index is 12.2. The molecule has 0 N–H and O–H groups in total. The molecule has 0 aliphatic carbocycles. The molecule has 1 heterocycles. The molecule has 1 saturated heterocycles. The van der Waals surface area contributed by atoms with E-state index in [1.807, 2.05) is 29.2 Å². The van der Waals surface area contributed by atoms with Gasteiger partial charge in [0.05, 0.1) is 12.7 Å². The molecule has 1 amide bonds. The standard InChI is InChI=1S/C23H37NO3/c1-17(2)22(20-12-14-27-23(4,5)15-20)11-13-24(18(3)25)16-19-7-9-21(26-6)10-8-19/h7-10,17,20,22H,11-16H2,1-6H3/t20-,22-/m0/s1. The van der Waals surface area contributed by atoms with Gasteiger partial charge in [0.1, 0.15) is 5.75 Å². The molecule has 0 saturated carbocycles. The summed E-state index contributed by atoms with van der Waals surface area (Å²) in [6.07, 6.45) is 3.29. The number of benzene rings is 1. The third-order valence-corrected chi connectivity index (χ3v) is 5.91. The lowest BCUT2D eigenvalue weighted by Gasteiger charge is -2.41. The van der Waals surface area contributed by atoms with E-state index in [1.54, 1.807) is 14.0 Å². The van der Waals surface area contributed by atoms with Crippen molar-refractivity contribution in [3.63, 3.8) is 0 Å². The molecule has 27 heavy (non-hydrogen) atoms. The summed E-state index contributed by atoms with van der Waals surface area (Å²) < 4.78 is 11.1. The SMILES string of the molecule is COc1ccc(CN(CC[C@@H](C(C)C)[C@H]2CCOC(C)(C)C2)C(C)=O)cc1. The molecule has 0 spiro atoms. The van der Waals surface area contributed by atoms with Gasteiger partial charge in [-0.1, -0.05) is 26.0 Å². The van der Waals surface area contributed by atoms with Gasteiger partial charge in [-0.15, -0.1) is 0 Å². The zero-order valence-electron chi connectivity index (χ0n) is 18.0. The van der Waals surface area contributed by atoms with E-state index in [2.05, 4.69) is 27.7 Å². The Labute approximate surface area is 165 Å². The largest absolute Gasteiger partial charge is 0.497 e. The molecule has 0 bridgehead atoms. The molecular formula is C23H37NO3. The van der Waals surface area contributed by atoms with Crippen molar-refractivity contribution in [3.8, 4) is 5.75 Å². The Bertz CT molecular complexity index is 594. The number of hydrogen-bond donors (Lipinski definition) is 0. The number of rotatable bonds is 8. The Balaban J connectivity index is 2.00. The van der Waals surface area contributed by atoms with Gasteiger partial charge in [-0.2, -0.15) is 0 Å². The Hall–Kier alpha value is -1.55. The maximum Gasteiger partial charge on any atom is 0.219 e. The first-order valence-electron chi connectivity index (χ1n) is 10.2. The Morgan fingerprint density at radius 2 is 1.96 bits per heavy atom. The summed E-state index contributed by atoms with van der Waals surface area (Å²) >= 11 is 0. The van der Waals surface area contributed by atoms with Gasteiger partial charge < -0.3 is 14.4 Å². The van der Waals surface area contributed by atoms with E-state index in [0.29, 0.717) is 24.3 Å². The lowest BCUT2D eigenvalue weighted by atomic mass is 9.73. The van der Waals surface area contributed by atoms with Crippen LogP contribution in [-0.2, 0) is 16.1 Å². The van der Waals surface area contributed by atoms with Crippen LogP contribution in [0, 0.1) is 17.8 Å². The number of methoxy groups -OCH3 is 1. The molecule has 1 fully saturated rings. The zero-order valence-corrected chi connectivity index (χ0v) is 18.0. The summed E-state index contributed by atoms with van der Waals surface area (Å²) in [5.41, 5.74) is 1.11. The zero-order chi connectivity index (χ0) is 20.0. The molecule has 0 aromatic heterocycles. The summed E-state index contributed by atoms with van der Waals surface area (Å²) in [5, 5.41) is 0. The molecule has 1 aromatic rings. The van der Waals surface area contributed by atoms with Gasteiger partial charge in [-0.3, -0.25) is 4.79 Å². The average Bonchev–Trinajstić information content (AvgIpc) is 2.60. The number of ether oxygens (including phenoxy) is 2. The molecule has 4 nitrogen and oxygen atoms in total. The second kappa shape index (κ2) is 9.59. The average molecular weight is 376 g/mol. The molecular weight excluding hydrogens is 338 g/mol. The molecule has 1 aliphatic heterocycles.